The summed E-state index contributed by atoms with van der Waals surface area (Å²) < 4.78 is 10.6. The van der Waals surface area contributed by atoms with Crippen LogP contribution in [0.15, 0.2) is 48.5 Å². The van der Waals surface area contributed by atoms with Crippen molar-refractivity contribution in [1.29, 1.82) is 0 Å². The Morgan fingerprint density at radius 2 is 1.66 bits per heavy atom. The van der Waals surface area contributed by atoms with Gasteiger partial charge in [-0.25, -0.2) is 4.79 Å². The maximum absolute atomic E-state index is 13.0. The summed E-state index contributed by atoms with van der Waals surface area (Å²) in [5.74, 6) is -2.57. The lowest BCUT2D eigenvalue weighted by Crippen LogP contribution is -2.34. The number of nitrogens with zero attached hydrogens (tertiary/aromatic N) is 1. The first-order chi connectivity index (χ1) is 16.8. The van der Waals surface area contributed by atoms with Crippen molar-refractivity contribution in [3.8, 4) is 5.75 Å². The van der Waals surface area contributed by atoms with E-state index in [1.807, 2.05) is 6.92 Å². The van der Waals surface area contributed by atoms with Crippen LogP contribution in [0.25, 0.3) is 0 Å². The molecular weight excluding hydrogens is 495 g/mol. The molecule has 2 aromatic rings. The van der Waals surface area contributed by atoms with Gasteiger partial charge in [-0.3, -0.25) is 19.3 Å². The van der Waals surface area contributed by atoms with Gasteiger partial charge in [-0.05, 0) is 50.1 Å². The van der Waals surface area contributed by atoms with Gasteiger partial charge < -0.3 is 14.8 Å². The predicted molar refractivity (Wildman–Crippen MR) is 131 cm³/mol. The van der Waals surface area contributed by atoms with E-state index in [0.717, 1.165) is 4.90 Å². The van der Waals surface area contributed by atoms with E-state index in [0.29, 0.717) is 30.9 Å². The highest BCUT2D eigenvalue weighted by Gasteiger charge is 2.52. The Morgan fingerprint density at radius 3 is 2.31 bits per heavy atom. The largest absolute Gasteiger partial charge is 0.492 e. The Hall–Kier alpha value is -3.10. The van der Waals surface area contributed by atoms with Crippen molar-refractivity contribution in [3.63, 3.8) is 0 Å². The van der Waals surface area contributed by atoms with Crippen molar-refractivity contribution < 1.29 is 28.7 Å². The number of hydrogen-bond acceptors (Lipinski definition) is 6. The lowest BCUT2D eigenvalue weighted by Gasteiger charge is -2.28. The molecule has 1 aliphatic carbocycles. The fraction of sp³-hybridized carbons (Fsp3) is 0.360. The molecule has 8 nitrogen and oxygen atoms in total. The quantitative estimate of drug-likeness (QED) is 0.337. The SMILES string of the molecule is CCOc1ccccc1NC(=O)COC(=O)c1cccc(N2C(=O)[C@@H]3C[C@H](Cl)[C@@H](Cl)C[C@H]3C2=O)c1. The number of esters is 1. The summed E-state index contributed by atoms with van der Waals surface area (Å²) in [6.07, 6.45) is 0.648. The Balaban J connectivity index is 1.41. The van der Waals surface area contributed by atoms with E-state index in [4.69, 9.17) is 32.7 Å². The van der Waals surface area contributed by atoms with Gasteiger partial charge in [0, 0.05) is 0 Å². The summed E-state index contributed by atoms with van der Waals surface area (Å²) in [7, 11) is 0. The number of anilines is 2. The average molecular weight is 519 g/mol. The van der Waals surface area contributed by atoms with Crippen LogP contribution in [0, 0.1) is 11.8 Å². The predicted octanol–water partition coefficient (Wildman–Crippen LogP) is 4.00. The molecule has 3 amide bonds. The van der Waals surface area contributed by atoms with Gasteiger partial charge in [-0.2, -0.15) is 0 Å². The number of carbonyl (C=O) groups excluding carboxylic acids is 4. The van der Waals surface area contributed by atoms with Crippen molar-refractivity contribution in [3.05, 3.63) is 54.1 Å². The molecule has 35 heavy (non-hydrogen) atoms. The normalized spacial score (nSPS) is 23.6. The van der Waals surface area contributed by atoms with Crippen LogP contribution in [0.1, 0.15) is 30.1 Å². The molecule has 2 fully saturated rings. The molecule has 0 unspecified atom stereocenters. The lowest BCUT2D eigenvalue weighted by molar-refractivity contribution is -0.122. The summed E-state index contributed by atoms with van der Waals surface area (Å²) in [6.45, 7) is 1.74. The van der Waals surface area contributed by atoms with Crippen LogP contribution in [-0.2, 0) is 19.1 Å². The van der Waals surface area contributed by atoms with Gasteiger partial charge in [-0.15, -0.1) is 23.2 Å². The first kappa shape index (κ1) is 25.0. The minimum absolute atomic E-state index is 0.103. The van der Waals surface area contributed by atoms with Gasteiger partial charge in [0.2, 0.25) is 11.8 Å². The number of halogens is 2. The van der Waals surface area contributed by atoms with Gasteiger partial charge in [0.05, 0.1) is 46.1 Å². The van der Waals surface area contributed by atoms with E-state index in [9.17, 15) is 19.2 Å². The van der Waals surface area contributed by atoms with Gasteiger partial charge in [-0.1, -0.05) is 18.2 Å². The molecule has 0 radical (unpaired) electrons. The molecule has 1 N–H and O–H groups in total. The fourth-order valence-electron chi connectivity index (χ4n) is 4.37. The Labute approximate surface area is 212 Å². The minimum Gasteiger partial charge on any atom is -0.492 e. The lowest BCUT2D eigenvalue weighted by atomic mass is 9.80. The first-order valence-electron chi connectivity index (χ1n) is 11.2. The van der Waals surface area contributed by atoms with Crippen molar-refractivity contribution in [2.45, 2.75) is 30.5 Å². The molecular formula is C25H24Cl2N2O6. The maximum atomic E-state index is 13.0. The summed E-state index contributed by atoms with van der Waals surface area (Å²) in [6, 6.07) is 12.9. The van der Waals surface area contributed by atoms with Gasteiger partial charge >= 0.3 is 5.97 Å². The highest BCUT2D eigenvalue weighted by molar-refractivity contribution is 6.31. The summed E-state index contributed by atoms with van der Waals surface area (Å²) in [5.41, 5.74) is 0.824. The number of ether oxygens (including phenoxy) is 2. The van der Waals surface area contributed by atoms with E-state index in [-0.39, 0.29) is 33.8 Å². The highest BCUT2D eigenvalue weighted by Crippen LogP contribution is 2.43. The first-order valence-corrected chi connectivity index (χ1v) is 12.1. The second kappa shape index (κ2) is 10.7. The van der Waals surface area contributed by atoms with Gasteiger partial charge in [0.15, 0.2) is 6.61 Å². The number of imide groups is 1. The van der Waals surface area contributed by atoms with Crippen molar-refractivity contribution in [2.24, 2.45) is 11.8 Å². The fourth-order valence-corrected chi connectivity index (χ4v) is 4.96. The molecule has 4 atom stereocenters. The van der Waals surface area contributed by atoms with Crippen LogP contribution in [0.3, 0.4) is 0 Å². The molecule has 184 valence electrons. The van der Waals surface area contributed by atoms with Crippen LogP contribution < -0.4 is 15.0 Å². The van der Waals surface area contributed by atoms with Crippen LogP contribution >= 0.6 is 23.2 Å². The number of hydrogen-bond donors (Lipinski definition) is 1. The number of alkyl halides is 2. The molecule has 4 rings (SSSR count). The standard InChI is InChI=1S/C25H24Cl2N2O6/c1-2-34-21-9-4-3-8-20(21)28-22(30)13-35-25(33)14-6-5-7-15(10-14)29-23(31)16-11-18(26)19(27)12-17(16)24(29)32/h3-10,16-19H,2,11-13H2,1H3,(H,28,30)/t16-,17-,18+,19+/m1/s1. The maximum Gasteiger partial charge on any atom is 0.338 e. The molecule has 1 heterocycles. The van der Waals surface area contributed by atoms with Crippen LogP contribution in [0.5, 0.6) is 5.75 Å². The molecule has 0 bridgehead atoms. The zero-order valence-corrected chi connectivity index (χ0v) is 20.4. The molecule has 2 aromatic carbocycles. The number of nitrogens with one attached hydrogen (secondary N) is 1. The zero-order valence-electron chi connectivity index (χ0n) is 18.9. The second-order valence-corrected chi connectivity index (χ2v) is 9.45. The Morgan fingerprint density at radius 1 is 1.00 bits per heavy atom. The van der Waals surface area contributed by atoms with Crippen LogP contribution in [-0.4, -0.2) is 47.7 Å². The molecule has 10 heteroatoms. The second-order valence-electron chi connectivity index (χ2n) is 8.33. The minimum atomic E-state index is -0.766. The zero-order chi connectivity index (χ0) is 25.1. The van der Waals surface area contributed by atoms with Crippen molar-refractivity contribution >= 4 is 58.3 Å². The smallest absolute Gasteiger partial charge is 0.338 e. The van der Waals surface area contributed by atoms with Crippen molar-refractivity contribution in [2.75, 3.05) is 23.4 Å². The topological polar surface area (TPSA) is 102 Å². The van der Waals surface area contributed by atoms with Crippen molar-refractivity contribution in [1.82, 2.24) is 0 Å². The van der Waals surface area contributed by atoms with Gasteiger partial charge in [0.1, 0.15) is 5.75 Å². The Kier molecular flexibility index (Phi) is 7.62. The monoisotopic (exact) mass is 518 g/mol. The molecule has 0 spiro atoms. The number of rotatable bonds is 7. The van der Waals surface area contributed by atoms with E-state index in [1.54, 1.807) is 36.4 Å². The molecule has 2 aliphatic rings. The molecule has 1 aliphatic heterocycles. The molecule has 1 saturated heterocycles. The number of carbonyl (C=O) groups is 4. The summed E-state index contributed by atoms with van der Waals surface area (Å²) >= 11 is 12.5. The molecule has 1 saturated carbocycles. The number of benzene rings is 2. The summed E-state index contributed by atoms with van der Waals surface area (Å²) in [4.78, 5) is 51.9. The van der Waals surface area contributed by atoms with E-state index >= 15 is 0 Å². The average Bonchev–Trinajstić information content (AvgIpc) is 3.08. The van der Waals surface area contributed by atoms with E-state index in [1.165, 1.54) is 12.1 Å². The molecule has 0 aromatic heterocycles. The van der Waals surface area contributed by atoms with Crippen LogP contribution in [0.4, 0.5) is 11.4 Å². The van der Waals surface area contributed by atoms with Crippen LogP contribution in [0.2, 0.25) is 0 Å². The third kappa shape index (κ3) is 5.28. The van der Waals surface area contributed by atoms with E-state index < -0.39 is 30.3 Å². The summed E-state index contributed by atoms with van der Waals surface area (Å²) in [5, 5.41) is 1.87. The number of fused-ring (bicyclic) bond motifs is 1. The van der Waals surface area contributed by atoms with E-state index in [2.05, 4.69) is 5.32 Å². The number of amides is 3. The highest BCUT2D eigenvalue weighted by atomic mass is 35.5. The Bertz CT molecular complexity index is 1130. The van der Waals surface area contributed by atoms with Gasteiger partial charge in [0.25, 0.3) is 5.91 Å². The third-order valence-corrected chi connectivity index (χ3v) is 7.14. The number of para-hydroxylation sites is 2. The third-order valence-electron chi connectivity index (χ3n) is 6.05.